The number of aromatic amines is 1. The number of benzene rings is 1. The fourth-order valence-corrected chi connectivity index (χ4v) is 3.80. The largest absolute Gasteiger partial charge is 0.378 e. The average molecular weight is 397 g/mol. The molecule has 28 heavy (non-hydrogen) atoms. The molecule has 8 heteroatoms. The molecular formula is C20H24N6OS. The molecule has 0 radical (unpaired) electrons. The molecule has 7 nitrogen and oxygen atoms in total. The van der Waals surface area contributed by atoms with E-state index in [2.05, 4.69) is 51.6 Å². The van der Waals surface area contributed by atoms with Gasteiger partial charge in [0.25, 0.3) is 0 Å². The maximum atomic E-state index is 5.51. The monoisotopic (exact) mass is 396 g/mol. The van der Waals surface area contributed by atoms with Gasteiger partial charge in [-0.25, -0.2) is 9.97 Å². The molecule has 1 fully saturated rings. The van der Waals surface area contributed by atoms with Crippen molar-refractivity contribution < 1.29 is 4.74 Å². The summed E-state index contributed by atoms with van der Waals surface area (Å²) in [5.41, 5.74) is 3.24. The van der Waals surface area contributed by atoms with E-state index in [0.29, 0.717) is 18.4 Å². The lowest BCUT2D eigenvalue weighted by Crippen LogP contribution is -2.37. The number of hydrogen-bond acceptors (Lipinski definition) is 7. The van der Waals surface area contributed by atoms with Crippen molar-refractivity contribution in [2.75, 3.05) is 36.5 Å². The van der Waals surface area contributed by atoms with E-state index in [1.54, 1.807) is 11.8 Å². The second-order valence-electron chi connectivity index (χ2n) is 6.88. The van der Waals surface area contributed by atoms with E-state index in [-0.39, 0.29) is 0 Å². The minimum Gasteiger partial charge on any atom is -0.378 e. The Hall–Kier alpha value is -2.58. The third-order valence-electron chi connectivity index (χ3n) is 4.59. The minimum absolute atomic E-state index is 0.713. The van der Waals surface area contributed by atoms with Crippen LogP contribution in [0.3, 0.4) is 0 Å². The highest BCUT2D eigenvalue weighted by atomic mass is 32.2. The van der Waals surface area contributed by atoms with Gasteiger partial charge in [0.1, 0.15) is 11.6 Å². The Bertz CT molecular complexity index is 950. The van der Waals surface area contributed by atoms with Gasteiger partial charge < -0.3 is 15.0 Å². The maximum absolute atomic E-state index is 5.51. The number of nitrogens with zero attached hydrogens (tertiary/aromatic N) is 4. The van der Waals surface area contributed by atoms with Gasteiger partial charge in [-0.2, -0.15) is 5.10 Å². The molecule has 1 aliphatic heterocycles. The number of hydrogen-bond donors (Lipinski definition) is 2. The summed E-state index contributed by atoms with van der Waals surface area (Å²) >= 11 is 1.56. The molecule has 2 N–H and O–H groups in total. The van der Waals surface area contributed by atoms with Crippen molar-refractivity contribution >= 4 is 29.2 Å². The Kier molecular flexibility index (Phi) is 5.50. The van der Waals surface area contributed by atoms with Crippen LogP contribution < -0.4 is 10.2 Å². The molecule has 0 spiro atoms. The Morgan fingerprint density at radius 1 is 1.07 bits per heavy atom. The molecule has 3 heterocycles. The van der Waals surface area contributed by atoms with Crippen LogP contribution in [0.2, 0.25) is 0 Å². The first-order valence-corrected chi connectivity index (χ1v) is 10.1. The van der Waals surface area contributed by atoms with Gasteiger partial charge in [0.15, 0.2) is 11.0 Å². The molecule has 0 saturated carbocycles. The topological polar surface area (TPSA) is 79.0 Å². The summed E-state index contributed by atoms with van der Waals surface area (Å²) in [5.74, 6) is 2.47. The van der Waals surface area contributed by atoms with Crippen LogP contribution in [0.25, 0.3) is 0 Å². The highest BCUT2D eigenvalue weighted by Crippen LogP contribution is 2.32. The smallest absolute Gasteiger partial charge is 0.196 e. The van der Waals surface area contributed by atoms with Crippen LogP contribution in [0.15, 0.2) is 40.4 Å². The molecule has 0 bridgehead atoms. The maximum Gasteiger partial charge on any atom is 0.196 e. The highest BCUT2D eigenvalue weighted by Gasteiger charge is 2.20. The van der Waals surface area contributed by atoms with Crippen LogP contribution in [0.5, 0.6) is 0 Å². The molecule has 4 rings (SSSR count). The van der Waals surface area contributed by atoms with Crippen molar-refractivity contribution in [3.8, 4) is 0 Å². The average Bonchev–Trinajstić information content (AvgIpc) is 3.11. The lowest BCUT2D eigenvalue weighted by molar-refractivity contribution is 0.122. The molecule has 3 aromatic rings. The lowest BCUT2D eigenvalue weighted by atomic mass is 10.2. The van der Waals surface area contributed by atoms with Crippen LogP contribution in [0.4, 0.5) is 17.5 Å². The van der Waals surface area contributed by atoms with E-state index in [9.17, 15) is 0 Å². The summed E-state index contributed by atoms with van der Waals surface area (Å²) < 4.78 is 5.51. The van der Waals surface area contributed by atoms with Crippen molar-refractivity contribution in [3.05, 3.63) is 47.2 Å². The molecule has 0 aliphatic carbocycles. The van der Waals surface area contributed by atoms with E-state index in [1.807, 2.05) is 19.9 Å². The van der Waals surface area contributed by atoms with Crippen LogP contribution >= 0.6 is 11.8 Å². The van der Waals surface area contributed by atoms with Crippen molar-refractivity contribution in [2.45, 2.75) is 30.8 Å². The van der Waals surface area contributed by atoms with Crippen molar-refractivity contribution in [2.24, 2.45) is 0 Å². The van der Waals surface area contributed by atoms with Crippen molar-refractivity contribution in [1.29, 1.82) is 0 Å². The number of anilines is 3. The quantitative estimate of drug-likeness (QED) is 0.634. The predicted octanol–water partition coefficient (Wildman–Crippen LogP) is 3.86. The summed E-state index contributed by atoms with van der Waals surface area (Å²) in [7, 11) is 0. The zero-order valence-corrected chi connectivity index (χ0v) is 17.1. The van der Waals surface area contributed by atoms with Gasteiger partial charge in [0.2, 0.25) is 0 Å². The van der Waals surface area contributed by atoms with Gasteiger partial charge in [-0.1, -0.05) is 17.7 Å². The summed E-state index contributed by atoms with van der Waals surface area (Å²) in [5, 5.41) is 11.3. The minimum atomic E-state index is 0.713. The molecule has 0 atom stereocenters. The van der Waals surface area contributed by atoms with Gasteiger partial charge in [0.05, 0.1) is 13.2 Å². The molecule has 2 aromatic heterocycles. The summed E-state index contributed by atoms with van der Waals surface area (Å²) in [6.07, 6.45) is 0. The first-order valence-electron chi connectivity index (χ1n) is 9.33. The van der Waals surface area contributed by atoms with E-state index in [4.69, 9.17) is 14.7 Å². The van der Waals surface area contributed by atoms with Crippen LogP contribution in [0.1, 0.15) is 16.8 Å². The zero-order chi connectivity index (χ0) is 19.5. The van der Waals surface area contributed by atoms with Crippen LogP contribution in [0, 0.1) is 20.8 Å². The zero-order valence-electron chi connectivity index (χ0n) is 16.3. The van der Waals surface area contributed by atoms with Gasteiger partial charge >= 0.3 is 0 Å². The molecule has 1 aliphatic rings. The van der Waals surface area contributed by atoms with Crippen LogP contribution in [-0.2, 0) is 4.74 Å². The molecular weight excluding hydrogens is 372 g/mol. The number of nitrogens with one attached hydrogen (secondary N) is 2. The van der Waals surface area contributed by atoms with E-state index < -0.39 is 0 Å². The molecule has 0 amide bonds. The Balaban J connectivity index is 1.69. The fourth-order valence-electron chi connectivity index (χ4n) is 3.05. The predicted molar refractivity (Wildman–Crippen MR) is 112 cm³/mol. The van der Waals surface area contributed by atoms with E-state index in [1.165, 1.54) is 5.56 Å². The number of morpholine rings is 1. The van der Waals surface area contributed by atoms with Crippen molar-refractivity contribution in [3.63, 3.8) is 0 Å². The number of rotatable bonds is 5. The van der Waals surface area contributed by atoms with Crippen LogP contribution in [-0.4, -0.2) is 46.5 Å². The Morgan fingerprint density at radius 3 is 2.50 bits per heavy atom. The second kappa shape index (κ2) is 8.20. The first-order chi connectivity index (χ1) is 13.6. The summed E-state index contributed by atoms with van der Waals surface area (Å²) in [6, 6.07) is 10.4. The standard InChI is InChI=1S/C20H24N6OS/c1-13-4-6-16(7-5-13)28-20-22-18(21-17-12-14(2)24-25-17)15(3)19(23-20)26-8-10-27-11-9-26/h4-7,12H,8-11H2,1-3H3,(H2,21,22,23,24,25). The summed E-state index contributed by atoms with van der Waals surface area (Å²) in [4.78, 5) is 13.0. The first kappa shape index (κ1) is 18.8. The SMILES string of the molecule is Cc1ccc(Sc2nc(Nc3cc(C)[nH]n3)c(C)c(N3CCOCC3)n2)cc1. The van der Waals surface area contributed by atoms with Gasteiger partial charge in [-0.05, 0) is 44.7 Å². The molecule has 0 unspecified atom stereocenters. The summed E-state index contributed by atoms with van der Waals surface area (Å²) in [6.45, 7) is 9.19. The third kappa shape index (κ3) is 4.28. The van der Waals surface area contributed by atoms with Gasteiger partial charge in [0, 0.05) is 35.3 Å². The Labute approximate surface area is 168 Å². The lowest BCUT2D eigenvalue weighted by Gasteiger charge is -2.29. The number of H-pyrrole nitrogens is 1. The number of aryl methyl sites for hydroxylation is 2. The second-order valence-corrected chi connectivity index (χ2v) is 7.92. The molecule has 1 saturated heterocycles. The molecule has 146 valence electrons. The number of aromatic nitrogens is 4. The Morgan fingerprint density at radius 2 is 1.82 bits per heavy atom. The van der Waals surface area contributed by atoms with Crippen molar-refractivity contribution in [1.82, 2.24) is 20.2 Å². The van der Waals surface area contributed by atoms with Gasteiger partial charge in [-0.15, -0.1) is 0 Å². The van der Waals surface area contributed by atoms with E-state index >= 15 is 0 Å². The number of ether oxygens (including phenoxy) is 1. The molecule has 1 aromatic carbocycles. The highest BCUT2D eigenvalue weighted by molar-refractivity contribution is 7.99. The van der Waals surface area contributed by atoms with E-state index in [0.717, 1.165) is 46.7 Å². The normalized spacial score (nSPS) is 14.3. The van der Waals surface area contributed by atoms with Gasteiger partial charge in [-0.3, -0.25) is 5.10 Å². The fraction of sp³-hybridized carbons (Fsp3) is 0.350. The third-order valence-corrected chi connectivity index (χ3v) is 5.47.